The van der Waals surface area contributed by atoms with Crippen LogP contribution in [0.4, 0.5) is 0 Å². The lowest BCUT2D eigenvalue weighted by molar-refractivity contribution is 0.0951. The highest BCUT2D eigenvalue weighted by Crippen LogP contribution is 2.52. The topological polar surface area (TPSA) is 58.1 Å². The lowest BCUT2D eigenvalue weighted by atomic mass is 9.81. The summed E-state index contributed by atoms with van der Waals surface area (Å²) in [5.41, 5.74) is 3.39. The largest absolute Gasteiger partial charge is 0.349 e. The summed E-state index contributed by atoms with van der Waals surface area (Å²) < 4.78 is 2.03. The highest BCUT2D eigenvalue weighted by atomic mass is 35.5. The lowest BCUT2D eigenvalue weighted by Crippen LogP contribution is -2.37. The summed E-state index contributed by atoms with van der Waals surface area (Å²) in [5, 5.41) is 4.66. The van der Waals surface area contributed by atoms with Crippen molar-refractivity contribution in [1.29, 1.82) is 0 Å². The fraction of sp³-hybridized carbons (Fsp3) is 0.500. The monoisotopic (exact) mass is 536 g/mol. The van der Waals surface area contributed by atoms with Gasteiger partial charge in [0.1, 0.15) is 5.82 Å². The Balaban J connectivity index is 1.17. The van der Waals surface area contributed by atoms with E-state index in [1.54, 1.807) is 12.1 Å². The van der Waals surface area contributed by atoms with Crippen molar-refractivity contribution in [3.63, 3.8) is 0 Å². The van der Waals surface area contributed by atoms with Crippen LogP contribution in [0.1, 0.15) is 80.4 Å². The van der Waals surface area contributed by atoms with Gasteiger partial charge in [0.15, 0.2) is 0 Å². The number of aromatic nitrogens is 2. The normalized spacial score (nSPS) is 25.4. The summed E-state index contributed by atoms with van der Waals surface area (Å²) >= 11 is 13.1. The maximum Gasteiger partial charge on any atom is 0.251 e. The second-order valence-electron chi connectivity index (χ2n) is 11.1. The van der Waals surface area contributed by atoms with Crippen LogP contribution in [-0.4, -0.2) is 38.9 Å². The SMILES string of the molecule is CCN(Cl)[C@H]1CCCC[C@@H]1CC1CC1c1ncc2cc(-c3cc(C(=O)NC4CC4)ccc3Cl)ccc2n1. The van der Waals surface area contributed by atoms with Crippen LogP contribution in [0.2, 0.25) is 5.02 Å². The molecule has 0 aliphatic heterocycles. The van der Waals surface area contributed by atoms with Gasteiger partial charge in [0, 0.05) is 52.3 Å². The minimum atomic E-state index is -0.0406. The molecule has 3 saturated carbocycles. The maximum atomic E-state index is 12.5. The summed E-state index contributed by atoms with van der Waals surface area (Å²) in [6.07, 6.45) is 11.6. The summed E-state index contributed by atoms with van der Waals surface area (Å²) in [7, 11) is 0. The maximum absolute atomic E-state index is 12.5. The Labute approximate surface area is 229 Å². The number of hydrogen-bond acceptors (Lipinski definition) is 4. The molecule has 0 bridgehead atoms. The van der Waals surface area contributed by atoms with E-state index in [0.717, 1.165) is 47.2 Å². The molecular formula is C30H34Cl2N4O. The van der Waals surface area contributed by atoms with Crippen LogP contribution in [0.25, 0.3) is 22.0 Å². The molecule has 1 amide bonds. The van der Waals surface area contributed by atoms with E-state index in [2.05, 4.69) is 18.3 Å². The molecule has 3 aliphatic rings. The Hall–Kier alpha value is -2.21. The lowest BCUT2D eigenvalue weighted by Gasteiger charge is -2.36. The number of carbonyl (C=O) groups excluding carboxylic acids is 1. The van der Waals surface area contributed by atoms with Crippen LogP contribution in [0.15, 0.2) is 42.6 Å². The van der Waals surface area contributed by atoms with Crippen LogP contribution >= 0.6 is 23.4 Å². The third-order valence-corrected chi connectivity index (χ3v) is 9.26. The molecule has 4 atom stereocenters. The van der Waals surface area contributed by atoms with Crippen LogP contribution in [0, 0.1) is 11.8 Å². The molecule has 0 saturated heterocycles. The molecule has 1 N–H and O–H groups in total. The molecule has 194 valence electrons. The average molecular weight is 538 g/mol. The Morgan fingerprint density at radius 3 is 2.73 bits per heavy atom. The van der Waals surface area contributed by atoms with Crippen LogP contribution in [0.5, 0.6) is 0 Å². The fourth-order valence-corrected chi connectivity index (χ4v) is 6.54. The van der Waals surface area contributed by atoms with Gasteiger partial charge in [-0.2, -0.15) is 0 Å². The molecular weight excluding hydrogens is 503 g/mol. The molecule has 1 aromatic heterocycles. The van der Waals surface area contributed by atoms with Gasteiger partial charge >= 0.3 is 0 Å². The highest BCUT2D eigenvalue weighted by Gasteiger charge is 2.43. The molecule has 2 aromatic carbocycles. The number of rotatable bonds is 8. The number of hydrogen-bond donors (Lipinski definition) is 1. The third kappa shape index (κ3) is 5.50. The number of amides is 1. The van der Waals surface area contributed by atoms with Gasteiger partial charge < -0.3 is 5.32 Å². The van der Waals surface area contributed by atoms with E-state index in [1.807, 2.05) is 28.8 Å². The van der Waals surface area contributed by atoms with E-state index < -0.39 is 0 Å². The van der Waals surface area contributed by atoms with E-state index in [4.69, 9.17) is 33.3 Å². The zero-order valence-electron chi connectivity index (χ0n) is 21.3. The van der Waals surface area contributed by atoms with Gasteiger partial charge in [-0.1, -0.05) is 37.4 Å². The molecule has 0 radical (unpaired) electrons. The Morgan fingerprint density at radius 1 is 1.08 bits per heavy atom. The number of carbonyl (C=O) groups is 1. The summed E-state index contributed by atoms with van der Waals surface area (Å²) in [5.74, 6) is 2.71. The van der Waals surface area contributed by atoms with E-state index in [1.165, 1.54) is 38.5 Å². The van der Waals surface area contributed by atoms with Gasteiger partial charge in [0.25, 0.3) is 5.91 Å². The van der Waals surface area contributed by atoms with Gasteiger partial charge in [-0.25, -0.2) is 14.4 Å². The second kappa shape index (κ2) is 10.5. The van der Waals surface area contributed by atoms with Gasteiger partial charge in [-0.05, 0) is 98.0 Å². The number of fused-ring (bicyclic) bond motifs is 1. The molecule has 7 heteroatoms. The van der Waals surface area contributed by atoms with E-state index in [0.29, 0.717) is 40.4 Å². The minimum Gasteiger partial charge on any atom is -0.349 e. The first-order chi connectivity index (χ1) is 18.0. The minimum absolute atomic E-state index is 0.0406. The van der Waals surface area contributed by atoms with Crippen LogP contribution in [-0.2, 0) is 0 Å². The molecule has 6 rings (SSSR count). The number of nitrogens with zero attached hydrogens (tertiary/aromatic N) is 3. The van der Waals surface area contributed by atoms with Crippen LogP contribution < -0.4 is 5.32 Å². The second-order valence-corrected chi connectivity index (χ2v) is 12.0. The van der Waals surface area contributed by atoms with Crippen LogP contribution in [0.3, 0.4) is 0 Å². The van der Waals surface area contributed by atoms with Gasteiger partial charge in [-0.3, -0.25) is 4.79 Å². The van der Waals surface area contributed by atoms with Crippen molar-refractivity contribution in [2.45, 2.75) is 76.3 Å². The van der Waals surface area contributed by atoms with E-state index in [-0.39, 0.29) is 5.91 Å². The van der Waals surface area contributed by atoms with Crippen molar-refractivity contribution >= 4 is 40.2 Å². The standard InChI is InChI=1S/C30H34Cl2N4O/c1-2-36(32)28-6-4-3-5-19(28)14-21-16-25(21)29-33-17-22-13-18(8-12-27(22)35-29)24-15-20(7-11-26(24)31)30(37)34-23-9-10-23/h7-8,11-13,15,17,19,21,23,25,28H,2-6,9-10,14,16H2,1H3,(H,34,37)/t19-,21?,25?,28+/m1/s1. The molecule has 3 fully saturated rings. The zero-order chi connectivity index (χ0) is 25.5. The fourth-order valence-electron chi connectivity index (χ4n) is 6.06. The Bertz CT molecular complexity index is 1310. The molecule has 2 unspecified atom stereocenters. The first-order valence-electron chi connectivity index (χ1n) is 13.8. The molecule has 1 heterocycles. The van der Waals surface area contributed by atoms with Gasteiger partial charge in [0.05, 0.1) is 5.52 Å². The predicted molar refractivity (Wildman–Crippen MR) is 150 cm³/mol. The van der Waals surface area contributed by atoms with Crippen molar-refractivity contribution in [1.82, 2.24) is 19.7 Å². The number of nitrogens with one attached hydrogen (secondary N) is 1. The van der Waals surface area contributed by atoms with Crippen molar-refractivity contribution in [3.8, 4) is 11.1 Å². The zero-order valence-corrected chi connectivity index (χ0v) is 22.8. The molecule has 3 aliphatic carbocycles. The summed E-state index contributed by atoms with van der Waals surface area (Å²) in [6.45, 7) is 3.04. The van der Waals surface area contributed by atoms with Crippen molar-refractivity contribution < 1.29 is 4.79 Å². The molecule has 3 aromatic rings. The summed E-state index contributed by atoms with van der Waals surface area (Å²) in [4.78, 5) is 22.3. The third-order valence-electron chi connectivity index (χ3n) is 8.44. The highest BCUT2D eigenvalue weighted by molar-refractivity contribution is 6.33. The summed E-state index contributed by atoms with van der Waals surface area (Å²) in [6, 6.07) is 12.4. The molecule has 37 heavy (non-hydrogen) atoms. The number of halogens is 2. The van der Waals surface area contributed by atoms with Gasteiger partial charge in [0.2, 0.25) is 0 Å². The number of benzene rings is 2. The van der Waals surface area contributed by atoms with Gasteiger partial charge in [-0.15, -0.1) is 0 Å². The quantitative estimate of drug-likeness (QED) is 0.305. The van der Waals surface area contributed by atoms with E-state index >= 15 is 0 Å². The molecule has 0 spiro atoms. The van der Waals surface area contributed by atoms with E-state index in [9.17, 15) is 4.79 Å². The first-order valence-corrected chi connectivity index (χ1v) is 14.5. The van der Waals surface area contributed by atoms with Crippen molar-refractivity contribution in [2.75, 3.05) is 6.54 Å². The smallest absolute Gasteiger partial charge is 0.251 e. The Morgan fingerprint density at radius 2 is 1.92 bits per heavy atom. The van der Waals surface area contributed by atoms with Crippen molar-refractivity contribution in [3.05, 3.63) is 59.0 Å². The van der Waals surface area contributed by atoms with Crippen molar-refractivity contribution in [2.24, 2.45) is 11.8 Å². The predicted octanol–water partition coefficient (Wildman–Crippen LogP) is 7.37. The Kier molecular flexibility index (Phi) is 7.13. The first kappa shape index (κ1) is 25.1. The average Bonchev–Trinajstić information content (AvgIpc) is 3.86. The molecule has 5 nitrogen and oxygen atoms in total.